The fraction of sp³-hybridized carbons (Fsp3) is 0.529. The highest BCUT2D eigenvalue weighted by molar-refractivity contribution is 6.04. The number of phenols is 1. The molecule has 1 atom stereocenters. The molecule has 1 aliphatic heterocycles. The van der Waals surface area contributed by atoms with Crippen molar-refractivity contribution in [2.75, 3.05) is 13.6 Å². The van der Waals surface area contributed by atoms with Crippen LogP contribution in [0.3, 0.4) is 0 Å². The van der Waals surface area contributed by atoms with Gasteiger partial charge < -0.3 is 10.4 Å². The summed E-state index contributed by atoms with van der Waals surface area (Å²) in [7, 11) is 1.87. The van der Waals surface area contributed by atoms with Crippen molar-refractivity contribution in [2.45, 2.75) is 38.5 Å². The van der Waals surface area contributed by atoms with E-state index in [1.807, 2.05) is 27.0 Å². The van der Waals surface area contributed by atoms with Gasteiger partial charge in [-0.3, -0.25) is 14.9 Å². The molecule has 2 amide bonds. The van der Waals surface area contributed by atoms with E-state index in [1.54, 1.807) is 18.2 Å². The van der Waals surface area contributed by atoms with E-state index in [0.717, 1.165) is 18.5 Å². The number of carbonyl (C=O) groups excluding carboxylic acids is 2. The van der Waals surface area contributed by atoms with Crippen LogP contribution in [0.2, 0.25) is 0 Å². The molecule has 1 aliphatic rings. The smallest absolute Gasteiger partial charge is 0.237 e. The first-order valence-corrected chi connectivity index (χ1v) is 7.62. The van der Waals surface area contributed by atoms with Crippen molar-refractivity contribution in [1.29, 1.82) is 0 Å². The molecule has 0 aliphatic carbocycles. The molecule has 1 saturated heterocycles. The number of aromatic hydroxyl groups is 1. The highest BCUT2D eigenvalue weighted by atomic mass is 16.3. The maximum Gasteiger partial charge on any atom is 0.237 e. The van der Waals surface area contributed by atoms with Crippen molar-refractivity contribution in [1.82, 2.24) is 10.6 Å². The average molecular weight is 304 g/mol. The second-order valence-electron chi connectivity index (χ2n) is 6.60. The van der Waals surface area contributed by atoms with Crippen LogP contribution >= 0.6 is 0 Å². The predicted octanol–water partition coefficient (Wildman–Crippen LogP) is 1.70. The van der Waals surface area contributed by atoms with Gasteiger partial charge in [0.1, 0.15) is 5.75 Å². The van der Waals surface area contributed by atoms with Gasteiger partial charge in [-0.2, -0.15) is 0 Å². The minimum Gasteiger partial charge on any atom is -0.508 e. The number of benzene rings is 1. The third kappa shape index (κ3) is 2.73. The molecule has 0 radical (unpaired) electrons. The van der Waals surface area contributed by atoms with Crippen LogP contribution in [0.25, 0.3) is 0 Å². The van der Waals surface area contributed by atoms with Gasteiger partial charge in [-0.1, -0.05) is 26.0 Å². The summed E-state index contributed by atoms with van der Waals surface area (Å²) >= 11 is 0. The summed E-state index contributed by atoms with van der Waals surface area (Å²) in [5, 5.41) is 15.4. The molecule has 1 heterocycles. The van der Waals surface area contributed by atoms with Crippen LogP contribution in [0.15, 0.2) is 24.3 Å². The Bertz CT molecular complexity index is 583. The molecule has 0 saturated carbocycles. The normalized spacial score (nSPS) is 24.1. The van der Waals surface area contributed by atoms with Crippen molar-refractivity contribution >= 4 is 11.8 Å². The Kier molecular flexibility index (Phi) is 4.56. The number of imide groups is 1. The first-order chi connectivity index (χ1) is 10.3. The van der Waals surface area contributed by atoms with E-state index in [0.29, 0.717) is 6.42 Å². The Balaban J connectivity index is 2.53. The summed E-state index contributed by atoms with van der Waals surface area (Å²) in [6.07, 6.45) is 1.70. The van der Waals surface area contributed by atoms with E-state index in [2.05, 4.69) is 10.6 Å². The molecule has 0 bridgehead atoms. The van der Waals surface area contributed by atoms with E-state index < -0.39 is 10.8 Å². The van der Waals surface area contributed by atoms with Gasteiger partial charge >= 0.3 is 0 Å². The number of amides is 2. The Morgan fingerprint density at radius 2 is 2.05 bits per heavy atom. The molecule has 5 nitrogen and oxygen atoms in total. The van der Waals surface area contributed by atoms with Crippen LogP contribution in [-0.2, 0) is 15.0 Å². The van der Waals surface area contributed by atoms with E-state index in [4.69, 9.17) is 0 Å². The summed E-state index contributed by atoms with van der Waals surface area (Å²) < 4.78 is 0. The summed E-state index contributed by atoms with van der Waals surface area (Å²) in [5.41, 5.74) is -0.580. The van der Waals surface area contributed by atoms with Gasteiger partial charge in [0.15, 0.2) is 0 Å². The molecule has 0 spiro atoms. The topological polar surface area (TPSA) is 78.4 Å². The molecule has 1 fully saturated rings. The molecule has 5 heteroatoms. The maximum atomic E-state index is 12.8. The van der Waals surface area contributed by atoms with Gasteiger partial charge in [-0.25, -0.2) is 0 Å². The lowest BCUT2D eigenvalue weighted by Crippen LogP contribution is -2.61. The van der Waals surface area contributed by atoms with Crippen LogP contribution in [0.1, 0.15) is 38.7 Å². The number of carbonyl (C=O) groups is 2. The first-order valence-electron chi connectivity index (χ1n) is 7.62. The minimum atomic E-state index is -0.823. The van der Waals surface area contributed by atoms with Gasteiger partial charge in [-0.05, 0) is 49.5 Å². The number of hydrogen-bond acceptors (Lipinski definition) is 4. The minimum absolute atomic E-state index is 0.131. The second-order valence-corrected chi connectivity index (χ2v) is 6.60. The second kappa shape index (κ2) is 6.08. The standard InChI is InChI=1S/C17H24N2O3/c1-16(2)11-14(21)19-15(22)17(16,8-5-9-18-3)12-6-4-7-13(20)10-12/h4,6-7,10,18,20H,5,8-9,11H2,1-3H3,(H,19,21,22)/t17-/m1/s1. The maximum absolute atomic E-state index is 12.8. The van der Waals surface area contributed by atoms with E-state index in [-0.39, 0.29) is 24.0 Å². The summed E-state index contributed by atoms with van der Waals surface area (Å²) in [5.74, 6) is -0.374. The largest absolute Gasteiger partial charge is 0.508 e. The van der Waals surface area contributed by atoms with Crippen LogP contribution in [0.5, 0.6) is 5.75 Å². The van der Waals surface area contributed by atoms with Crippen molar-refractivity contribution in [2.24, 2.45) is 5.41 Å². The average Bonchev–Trinajstić information content (AvgIpc) is 2.41. The third-order valence-electron chi connectivity index (χ3n) is 4.72. The van der Waals surface area contributed by atoms with E-state index >= 15 is 0 Å². The highest BCUT2D eigenvalue weighted by Crippen LogP contribution is 2.50. The van der Waals surface area contributed by atoms with E-state index in [1.165, 1.54) is 0 Å². The molecule has 22 heavy (non-hydrogen) atoms. The van der Waals surface area contributed by atoms with Crippen LogP contribution in [0, 0.1) is 5.41 Å². The lowest BCUT2D eigenvalue weighted by atomic mass is 9.56. The van der Waals surface area contributed by atoms with E-state index in [9.17, 15) is 14.7 Å². The van der Waals surface area contributed by atoms with Gasteiger partial charge in [-0.15, -0.1) is 0 Å². The number of nitrogens with one attached hydrogen (secondary N) is 2. The Morgan fingerprint density at radius 1 is 1.32 bits per heavy atom. The molecule has 120 valence electrons. The molecule has 0 aromatic heterocycles. The molecule has 1 aromatic rings. The van der Waals surface area contributed by atoms with Gasteiger partial charge in [0.25, 0.3) is 0 Å². The zero-order valence-electron chi connectivity index (χ0n) is 13.4. The fourth-order valence-corrected chi connectivity index (χ4v) is 3.56. The van der Waals surface area contributed by atoms with Gasteiger partial charge in [0, 0.05) is 6.42 Å². The van der Waals surface area contributed by atoms with Crippen molar-refractivity contribution in [3.8, 4) is 5.75 Å². The van der Waals surface area contributed by atoms with Crippen molar-refractivity contribution < 1.29 is 14.7 Å². The zero-order valence-corrected chi connectivity index (χ0v) is 13.4. The molecular weight excluding hydrogens is 280 g/mol. The summed E-state index contributed by atoms with van der Waals surface area (Å²) in [6.45, 7) is 4.69. The van der Waals surface area contributed by atoms with Crippen molar-refractivity contribution in [3.05, 3.63) is 29.8 Å². The zero-order chi connectivity index (χ0) is 16.4. The fourth-order valence-electron chi connectivity index (χ4n) is 3.56. The van der Waals surface area contributed by atoms with Crippen LogP contribution < -0.4 is 10.6 Å². The van der Waals surface area contributed by atoms with Crippen molar-refractivity contribution in [3.63, 3.8) is 0 Å². The molecular formula is C17H24N2O3. The predicted molar refractivity (Wildman–Crippen MR) is 84.5 cm³/mol. The summed E-state index contributed by atoms with van der Waals surface area (Å²) in [6, 6.07) is 6.82. The lowest BCUT2D eigenvalue weighted by Gasteiger charge is -2.48. The Hall–Kier alpha value is -1.88. The molecule has 3 N–H and O–H groups in total. The van der Waals surface area contributed by atoms with Crippen LogP contribution in [0.4, 0.5) is 0 Å². The number of piperidine rings is 1. The van der Waals surface area contributed by atoms with Gasteiger partial charge in [0.2, 0.25) is 11.8 Å². The SMILES string of the molecule is CNCCC[C@@]1(c2cccc(O)c2)C(=O)NC(=O)CC1(C)C. The Morgan fingerprint density at radius 3 is 2.64 bits per heavy atom. The quantitative estimate of drug-likeness (QED) is 0.571. The lowest BCUT2D eigenvalue weighted by molar-refractivity contribution is -0.145. The number of hydrogen-bond donors (Lipinski definition) is 3. The monoisotopic (exact) mass is 304 g/mol. The number of phenolic OH excluding ortho intramolecular Hbond substituents is 1. The molecule has 1 aromatic carbocycles. The summed E-state index contributed by atoms with van der Waals surface area (Å²) in [4.78, 5) is 24.6. The van der Waals surface area contributed by atoms with Gasteiger partial charge in [0.05, 0.1) is 5.41 Å². The molecule has 0 unspecified atom stereocenters. The number of rotatable bonds is 5. The third-order valence-corrected chi connectivity index (χ3v) is 4.72. The molecule has 2 rings (SSSR count). The Labute approximate surface area is 131 Å². The first kappa shape index (κ1) is 16.5. The van der Waals surface area contributed by atoms with Crippen LogP contribution in [-0.4, -0.2) is 30.5 Å². The highest BCUT2D eigenvalue weighted by Gasteiger charge is 2.55.